The van der Waals surface area contributed by atoms with Crippen molar-refractivity contribution in [2.45, 2.75) is 12.3 Å². The standard InChI is InChI=1S/C60H42N2/c1-2-20-47(21-3-1)62-57-29-13-28-56(60(57)59-55-25-9-6-16-43(55)34-39-58(59)62)46-19-10-22-50(40-46)61(48-35-30-44(31-36-48)53-26-11-17-41-14-4-7-23-51(41)53)49-37-32-45(33-38-49)54-27-12-18-42-15-5-8-24-52(42)54/h1-27,29-40,56H,28H2. The highest BCUT2D eigenvalue weighted by molar-refractivity contribution is 6.11. The molecule has 0 spiro atoms. The summed E-state index contributed by atoms with van der Waals surface area (Å²) in [7, 11) is 0. The van der Waals surface area contributed by atoms with Crippen LogP contribution in [0, 0.1) is 0 Å². The quantitative estimate of drug-likeness (QED) is 0.156. The van der Waals surface area contributed by atoms with Crippen LogP contribution in [0.1, 0.15) is 29.2 Å². The van der Waals surface area contributed by atoms with E-state index in [0.717, 1.165) is 23.5 Å². The predicted molar refractivity (Wildman–Crippen MR) is 263 cm³/mol. The van der Waals surface area contributed by atoms with Crippen LogP contribution in [0.4, 0.5) is 17.1 Å². The Balaban J connectivity index is 1.01. The fraction of sp³-hybridized carbons (Fsp3) is 0.0333. The number of allylic oxidation sites excluding steroid dienone is 1. The average molecular weight is 791 g/mol. The van der Waals surface area contributed by atoms with Crippen molar-refractivity contribution in [1.82, 2.24) is 4.57 Å². The van der Waals surface area contributed by atoms with Gasteiger partial charge in [0.05, 0.1) is 11.2 Å². The Morgan fingerprint density at radius 2 is 0.952 bits per heavy atom. The number of hydrogen-bond acceptors (Lipinski definition) is 1. The summed E-state index contributed by atoms with van der Waals surface area (Å²) in [6, 6.07) is 82.3. The molecule has 1 aliphatic carbocycles. The zero-order valence-electron chi connectivity index (χ0n) is 34.2. The smallest absolute Gasteiger partial charge is 0.0544 e. The Bertz CT molecular complexity index is 3350. The maximum atomic E-state index is 2.46. The molecule has 11 aromatic rings. The normalized spacial score (nSPS) is 13.5. The maximum Gasteiger partial charge on any atom is 0.0544 e. The molecule has 0 N–H and O–H groups in total. The van der Waals surface area contributed by atoms with Gasteiger partial charge in [-0.1, -0.05) is 176 Å². The molecular weight excluding hydrogens is 749 g/mol. The van der Waals surface area contributed by atoms with E-state index in [1.807, 2.05) is 0 Å². The van der Waals surface area contributed by atoms with E-state index in [9.17, 15) is 0 Å². The maximum absolute atomic E-state index is 2.46. The number of anilines is 3. The summed E-state index contributed by atoms with van der Waals surface area (Å²) < 4.78 is 2.46. The van der Waals surface area contributed by atoms with Gasteiger partial charge in [-0.25, -0.2) is 0 Å². The van der Waals surface area contributed by atoms with Crippen LogP contribution in [0.5, 0.6) is 0 Å². The van der Waals surface area contributed by atoms with Gasteiger partial charge in [0.1, 0.15) is 0 Å². The topological polar surface area (TPSA) is 8.17 Å². The SMILES string of the molecule is C1=Cc2c(c3c4ccccc4ccc3n2-c2ccccc2)C(c2cccc(N(c3ccc(-c4cccc5ccccc45)cc3)c3ccc(-c4cccc5ccccc45)cc3)c2)C1. The molecule has 0 fully saturated rings. The molecule has 0 bridgehead atoms. The number of hydrogen-bond donors (Lipinski definition) is 0. The van der Waals surface area contributed by atoms with Crippen LogP contribution in [-0.2, 0) is 0 Å². The summed E-state index contributed by atoms with van der Waals surface area (Å²) in [5.41, 5.74) is 14.6. The molecule has 0 saturated heterocycles. The third kappa shape index (κ3) is 6.03. The first-order valence-corrected chi connectivity index (χ1v) is 21.6. The first kappa shape index (κ1) is 36.0. The van der Waals surface area contributed by atoms with Crippen molar-refractivity contribution in [2.75, 3.05) is 4.90 Å². The molecule has 1 heterocycles. The lowest BCUT2D eigenvalue weighted by Crippen LogP contribution is -2.12. The third-order valence-corrected chi connectivity index (χ3v) is 12.9. The second kappa shape index (κ2) is 15.0. The third-order valence-electron chi connectivity index (χ3n) is 12.9. The lowest BCUT2D eigenvalue weighted by Gasteiger charge is -2.28. The van der Waals surface area contributed by atoms with Gasteiger partial charge in [-0.2, -0.15) is 0 Å². The highest BCUT2D eigenvalue weighted by atomic mass is 15.1. The van der Waals surface area contributed by atoms with Gasteiger partial charge in [0.25, 0.3) is 0 Å². The Labute approximate surface area is 361 Å². The Morgan fingerprint density at radius 3 is 1.58 bits per heavy atom. The van der Waals surface area contributed by atoms with Crippen molar-refractivity contribution in [3.63, 3.8) is 0 Å². The van der Waals surface area contributed by atoms with Crippen molar-refractivity contribution in [3.05, 3.63) is 247 Å². The van der Waals surface area contributed by atoms with Gasteiger partial charge in [0.15, 0.2) is 0 Å². The zero-order valence-corrected chi connectivity index (χ0v) is 34.2. The fourth-order valence-corrected chi connectivity index (χ4v) is 10.1. The summed E-state index contributed by atoms with van der Waals surface area (Å²) in [6.45, 7) is 0. The molecule has 0 saturated carbocycles. The predicted octanol–water partition coefficient (Wildman–Crippen LogP) is 16.4. The van der Waals surface area contributed by atoms with Gasteiger partial charge >= 0.3 is 0 Å². The summed E-state index contributed by atoms with van der Waals surface area (Å²) in [4.78, 5) is 2.42. The second-order valence-corrected chi connectivity index (χ2v) is 16.4. The molecule has 10 aromatic carbocycles. The molecule has 2 heteroatoms. The van der Waals surface area contributed by atoms with E-state index in [1.165, 1.54) is 88.0 Å². The number of aromatic nitrogens is 1. The van der Waals surface area contributed by atoms with Crippen LogP contribution >= 0.6 is 0 Å². The molecule has 2 nitrogen and oxygen atoms in total. The van der Waals surface area contributed by atoms with Gasteiger partial charge in [0.2, 0.25) is 0 Å². The monoisotopic (exact) mass is 790 g/mol. The number of nitrogens with zero attached hydrogens (tertiary/aromatic N) is 2. The molecule has 0 aliphatic heterocycles. The van der Waals surface area contributed by atoms with Crippen molar-refractivity contribution in [1.29, 1.82) is 0 Å². The molecule has 0 amide bonds. The fourth-order valence-electron chi connectivity index (χ4n) is 10.1. The number of fused-ring (bicyclic) bond motifs is 7. The average Bonchev–Trinajstić information content (AvgIpc) is 3.70. The lowest BCUT2D eigenvalue weighted by molar-refractivity contribution is 0.819. The van der Waals surface area contributed by atoms with E-state index in [2.05, 4.69) is 246 Å². The number of rotatable bonds is 7. The molecule has 1 atom stereocenters. The van der Waals surface area contributed by atoms with Gasteiger partial charge in [0, 0.05) is 34.1 Å². The van der Waals surface area contributed by atoms with E-state index in [4.69, 9.17) is 0 Å². The first-order chi connectivity index (χ1) is 30.8. The van der Waals surface area contributed by atoms with Crippen LogP contribution in [-0.4, -0.2) is 4.57 Å². The molecule has 1 aromatic heterocycles. The van der Waals surface area contributed by atoms with Crippen molar-refractivity contribution in [3.8, 4) is 27.9 Å². The molecule has 292 valence electrons. The molecule has 0 radical (unpaired) electrons. The van der Waals surface area contributed by atoms with E-state index in [0.29, 0.717) is 0 Å². The minimum Gasteiger partial charge on any atom is -0.310 e. The lowest BCUT2D eigenvalue weighted by atomic mass is 9.82. The minimum absolute atomic E-state index is 0.164. The van der Waals surface area contributed by atoms with Crippen LogP contribution in [0.3, 0.4) is 0 Å². The van der Waals surface area contributed by atoms with Gasteiger partial charge < -0.3 is 9.47 Å². The first-order valence-electron chi connectivity index (χ1n) is 21.6. The van der Waals surface area contributed by atoms with Gasteiger partial charge in [-0.15, -0.1) is 0 Å². The van der Waals surface area contributed by atoms with Crippen molar-refractivity contribution < 1.29 is 0 Å². The molecule has 62 heavy (non-hydrogen) atoms. The van der Waals surface area contributed by atoms with Crippen molar-refractivity contribution in [2.24, 2.45) is 0 Å². The van der Waals surface area contributed by atoms with E-state index >= 15 is 0 Å². The Morgan fingerprint density at radius 1 is 0.419 bits per heavy atom. The number of benzene rings is 10. The highest BCUT2D eigenvalue weighted by Crippen LogP contribution is 2.47. The summed E-state index contributed by atoms with van der Waals surface area (Å²) >= 11 is 0. The van der Waals surface area contributed by atoms with E-state index < -0.39 is 0 Å². The largest absolute Gasteiger partial charge is 0.310 e. The minimum atomic E-state index is 0.164. The van der Waals surface area contributed by atoms with Crippen LogP contribution in [0.2, 0.25) is 0 Å². The summed E-state index contributed by atoms with van der Waals surface area (Å²) in [6.07, 6.45) is 5.64. The Kier molecular flexibility index (Phi) is 8.67. The molecular formula is C60H42N2. The molecule has 12 rings (SSSR count). The van der Waals surface area contributed by atoms with Crippen LogP contribution in [0.25, 0.3) is 77.2 Å². The van der Waals surface area contributed by atoms with Crippen LogP contribution in [0.15, 0.2) is 231 Å². The van der Waals surface area contributed by atoms with Crippen LogP contribution < -0.4 is 4.90 Å². The summed E-state index contributed by atoms with van der Waals surface area (Å²) in [5.74, 6) is 0.164. The van der Waals surface area contributed by atoms with Gasteiger partial charge in [-0.3, -0.25) is 0 Å². The second-order valence-electron chi connectivity index (χ2n) is 16.4. The van der Waals surface area contributed by atoms with Crippen molar-refractivity contribution >= 4 is 66.4 Å². The van der Waals surface area contributed by atoms with E-state index in [-0.39, 0.29) is 5.92 Å². The summed E-state index contributed by atoms with van der Waals surface area (Å²) in [5, 5.41) is 8.93. The molecule has 1 unspecified atom stereocenters. The van der Waals surface area contributed by atoms with Gasteiger partial charge in [-0.05, 0) is 133 Å². The number of para-hydroxylation sites is 1. The highest BCUT2D eigenvalue weighted by Gasteiger charge is 2.29. The zero-order chi connectivity index (χ0) is 41.0. The van der Waals surface area contributed by atoms with E-state index in [1.54, 1.807) is 0 Å². The Hall–Kier alpha value is -7.94. The molecule has 1 aliphatic rings.